The average molecular weight is 309 g/mol. The predicted octanol–water partition coefficient (Wildman–Crippen LogP) is 1.30. The van der Waals surface area contributed by atoms with Crippen molar-refractivity contribution in [1.29, 1.82) is 0 Å². The molecule has 1 fully saturated rings. The van der Waals surface area contributed by atoms with E-state index in [1.807, 2.05) is 18.7 Å². The van der Waals surface area contributed by atoms with Crippen LogP contribution in [0.1, 0.15) is 31.2 Å². The van der Waals surface area contributed by atoms with Gasteiger partial charge in [0.1, 0.15) is 0 Å². The highest BCUT2D eigenvalue weighted by atomic mass is 32.1. The van der Waals surface area contributed by atoms with E-state index in [-0.39, 0.29) is 6.04 Å². The Hall–Kier alpha value is -0.980. The summed E-state index contributed by atoms with van der Waals surface area (Å²) in [5.74, 6) is 0. The molecule has 2 heterocycles. The van der Waals surface area contributed by atoms with Gasteiger partial charge >= 0.3 is 0 Å². The molecule has 0 amide bonds. The molecule has 1 aromatic heterocycles. The summed E-state index contributed by atoms with van der Waals surface area (Å²) in [4.78, 5) is 5.57. The number of aromatic nitrogens is 2. The van der Waals surface area contributed by atoms with Crippen molar-refractivity contribution in [2.75, 3.05) is 26.2 Å². The first kappa shape index (κ1) is 16.4. The first-order chi connectivity index (χ1) is 10.0. The number of nitrogens with two attached hydrogens (primary N) is 1. The Balaban J connectivity index is 1.88. The molecule has 1 atom stereocenters. The average Bonchev–Trinajstić information content (AvgIpc) is 2.75. The van der Waals surface area contributed by atoms with E-state index in [9.17, 15) is 0 Å². The second-order valence-corrected chi connectivity index (χ2v) is 6.39. The van der Waals surface area contributed by atoms with Crippen LogP contribution in [0.15, 0.2) is 6.07 Å². The molecule has 0 aliphatic carbocycles. The van der Waals surface area contributed by atoms with Crippen LogP contribution in [-0.2, 0) is 13.6 Å². The Morgan fingerprint density at radius 1 is 1.38 bits per heavy atom. The molecule has 21 heavy (non-hydrogen) atoms. The molecule has 1 aliphatic heterocycles. The van der Waals surface area contributed by atoms with E-state index in [0.717, 1.165) is 51.3 Å². The van der Waals surface area contributed by atoms with E-state index in [2.05, 4.69) is 27.9 Å². The molecule has 1 saturated heterocycles. The summed E-state index contributed by atoms with van der Waals surface area (Å²) >= 11 is 5.23. The zero-order valence-electron chi connectivity index (χ0n) is 13.4. The van der Waals surface area contributed by atoms with Crippen LogP contribution in [0.3, 0.4) is 0 Å². The lowest BCUT2D eigenvalue weighted by atomic mass is 10.1. The lowest BCUT2D eigenvalue weighted by Gasteiger charge is -2.38. The van der Waals surface area contributed by atoms with Crippen LogP contribution in [0.2, 0.25) is 0 Å². The van der Waals surface area contributed by atoms with Crippen LogP contribution < -0.4 is 5.73 Å². The fraction of sp³-hybridized carbons (Fsp3) is 0.733. The molecule has 118 valence electrons. The van der Waals surface area contributed by atoms with E-state index >= 15 is 0 Å². The monoisotopic (exact) mass is 309 g/mol. The lowest BCUT2D eigenvalue weighted by Crippen LogP contribution is -2.53. The maximum Gasteiger partial charge on any atom is 0.0902 e. The molecule has 5 nitrogen and oxygen atoms in total. The zero-order chi connectivity index (χ0) is 15.4. The van der Waals surface area contributed by atoms with Crippen molar-refractivity contribution in [1.82, 2.24) is 19.6 Å². The van der Waals surface area contributed by atoms with Gasteiger partial charge in [0, 0.05) is 39.8 Å². The number of thiocarbonyl (C=S) groups is 1. The number of aryl methyl sites for hydroxylation is 2. The topological polar surface area (TPSA) is 50.3 Å². The molecule has 6 heteroatoms. The molecule has 1 aromatic rings. The summed E-state index contributed by atoms with van der Waals surface area (Å²) < 4.78 is 1.98. The van der Waals surface area contributed by atoms with Crippen molar-refractivity contribution in [2.45, 2.75) is 39.3 Å². The Morgan fingerprint density at radius 2 is 2.05 bits per heavy atom. The van der Waals surface area contributed by atoms with Gasteiger partial charge in [0.25, 0.3) is 0 Å². The molecule has 1 unspecified atom stereocenters. The fourth-order valence-corrected chi connectivity index (χ4v) is 3.32. The normalized spacial score (nSPS) is 18.8. The van der Waals surface area contributed by atoms with Crippen molar-refractivity contribution < 1.29 is 0 Å². The van der Waals surface area contributed by atoms with Crippen molar-refractivity contribution in [3.05, 3.63) is 17.5 Å². The summed E-state index contributed by atoms with van der Waals surface area (Å²) in [6.07, 6.45) is 2.19. The first-order valence-corrected chi connectivity index (χ1v) is 8.17. The highest BCUT2D eigenvalue weighted by Crippen LogP contribution is 2.14. The Morgan fingerprint density at radius 3 is 2.52 bits per heavy atom. The highest BCUT2D eigenvalue weighted by Gasteiger charge is 2.25. The van der Waals surface area contributed by atoms with Crippen LogP contribution in [0.25, 0.3) is 0 Å². The molecule has 0 bridgehead atoms. The summed E-state index contributed by atoms with van der Waals surface area (Å²) in [5, 5.41) is 4.41. The van der Waals surface area contributed by atoms with E-state index in [0.29, 0.717) is 4.99 Å². The van der Waals surface area contributed by atoms with Crippen molar-refractivity contribution in [3.8, 4) is 0 Å². The van der Waals surface area contributed by atoms with Gasteiger partial charge in [-0.3, -0.25) is 14.5 Å². The number of hydrogen-bond donors (Lipinski definition) is 1. The summed E-state index contributed by atoms with van der Waals surface area (Å²) in [6, 6.07) is 2.44. The third-order valence-electron chi connectivity index (χ3n) is 4.22. The molecular weight excluding hydrogens is 282 g/mol. The first-order valence-electron chi connectivity index (χ1n) is 7.76. The Labute approximate surface area is 133 Å². The number of nitrogens with zero attached hydrogens (tertiary/aromatic N) is 4. The Bertz CT molecular complexity index is 476. The number of rotatable bonds is 6. The van der Waals surface area contributed by atoms with Crippen LogP contribution >= 0.6 is 12.2 Å². The quantitative estimate of drug-likeness (QED) is 0.803. The largest absolute Gasteiger partial charge is 0.392 e. The Kier molecular flexibility index (Phi) is 5.72. The van der Waals surface area contributed by atoms with Crippen molar-refractivity contribution >= 4 is 17.2 Å². The van der Waals surface area contributed by atoms with Gasteiger partial charge in [0.05, 0.1) is 22.4 Å². The van der Waals surface area contributed by atoms with E-state index in [4.69, 9.17) is 18.0 Å². The summed E-state index contributed by atoms with van der Waals surface area (Å²) in [5.41, 5.74) is 8.26. The number of hydrogen-bond acceptors (Lipinski definition) is 4. The molecule has 0 radical (unpaired) electrons. The SMILES string of the molecule is CCCC(C(N)=S)N1CCN(Cc2cc(C)nn2C)CC1. The smallest absolute Gasteiger partial charge is 0.0902 e. The second-order valence-electron chi connectivity index (χ2n) is 5.92. The van der Waals surface area contributed by atoms with Crippen LogP contribution in [0.5, 0.6) is 0 Å². The summed E-state index contributed by atoms with van der Waals surface area (Å²) in [7, 11) is 2.02. The minimum atomic E-state index is 0.270. The molecule has 1 aliphatic rings. The van der Waals surface area contributed by atoms with Gasteiger partial charge in [0.2, 0.25) is 0 Å². The summed E-state index contributed by atoms with van der Waals surface area (Å²) in [6.45, 7) is 9.40. The minimum Gasteiger partial charge on any atom is -0.392 e. The zero-order valence-corrected chi connectivity index (χ0v) is 14.2. The van der Waals surface area contributed by atoms with Gasteiger partial charge in [0.15, 0.2) is 0 Å². The van der Waals surface area contributed by atoms with Gasteiger partial charge in [-0.2, -0.15) is 5.10 Å². The minimum absolute atomic E-state index is 0.270. The van der Waals surface area contributed by atoms with E-state index in [1.54, 1.807) is 0 Å². The van der Waals surface area contributed by atoms with Gasteiger partial charge in [-0.1, -0.05) is 25.6 Å². The highest BCUT2D eigenvalue weighted by molar-refractivity contribution is 7.80. The second kappa shape index (κ2) is 7.33. The van der Waals surface area contributed by atoms with Gasteiger partial charge < -0.3 is 5.73 Å². The molecular formula is C15H27N5S. The standard InChI is InChI=1S/C15H27N5S/c1-4-5-14(15(16)21)20-8-6-19(7-9-20)11-13-10-12(2)17-18(13)3/h10,14H,4-9,11H2,1-3H3,(H2,16,21). The van der Waals surface area contributed by atoms with Crippen molar-refractivity contribution in [3.63, 3.8) is 0 Å². The molecule has 2 N–H and O–H groups in total. The fourth-order valence-electron chi connectivity index (χ4n) is 3.05. The van der Waals surface area contributed by atoms with Crippen LogP contribution in [-0.4, -0.2) is 56.8 Å². The maximum atomic E-state index is 5.90. The lowest BCUT2D eigenvalue weighted by molar-refractivity contribution is 0.108. The third kappa shape index (κ3) is 4.25. The molecule has 0 aromatic carbocycles. The molecule has 2 rings (SSSR count). The van der Waals surface area contributed by atoms with Crippen LogP contribution in [0.4, 0.5) is 0 Å². The van der Waals surface area contributed by atoms with Gasteiger partial charge in [-0.05, 0) is 19.4 Å². The van der Waals surface area contributed by atoms with E-state index < -0.39 is 0 Å². The molecule has 0 saturated carbocycles. The third-order valence-corrected chi connectivity index (χ3v) is 4.49. The molecule has 0 spiro atoms. The van der Waals surface area contributed by atoms with Gasteiger partial charge in [-0.15, -0.1) is 0 Å². The predicted molar refractivity (Wildman–Crippen MR) is 90.3 cm³/mol. The van der Waals surface area contributed by atoms with E-state index in [1.165, 1.54) is 5.69 Å². The van der Waals surface area contributed by atoms with Gasteiger partial charge in [-0.25, -0.2) is 0 Å². The maximum absolute atomic E-state index is 5.90. The van der Waals surface area contributed by atoms with Crippen molar-refractivity contribution in [2.24, 2.45) is 12.8 Å². The van der Waals surface area contributed by atoms with Crippen LogP contribution in [0, 0.1) is 6.92 Å². The number of piperazine rings is 1.